The van der Waals surface area contributed by atoms with E-state index in [1.165, 1.54) is 0 Å². The molecule has 0 amide bonds. The normalized spacial score (nSPS) is 11.4. The minimum absolute atomic E-state index is 0.591. The molecule has 0 saturated carbocycles. The lowest BCUT2D eigenvalue weighted by atomic mass is 10.5. The molecule has 0 unspecified atom stereocenters. The topological polar surface area (TPSA) is 55.4 Å². The summed E-state index contributed by atoms with van der Waals surface area (Å²) >= 11 is 0. The quantitative estimate of drug-likeness (QED) is 0.330. The van der Waals surface area contributed by atoms with Gasteiger partial charge < -0.3 is 27.8 Å². The average Bonchev–Trinajstić information content (AvgIpc) is 2.44. The largest absolute Gasteiger partial charge is 0.397 e. The van der Waals surface area contributed by atoms with Crippen LogP contribution in [0.15, 0.2) is 0 Å². The molecular weight excluding hydrogens is 268 g/mol. The minimum atomic E-state index is -1.07. The van der Waals surface area contributed by atoms with E-state index in [1.54, 1.807) is 21.3 Å². The van der Waals surface area contributed by atoms with Crippen LogP contribution in [0.2, 0.25) is 6.04 Å². The van der Waals surface area contributed by atoms with Gasteiger partial charge in [0, 0.05) is 27.9 Å². The van der Waals surface area contributed by atoms with Crippen LogP contribution in [0.3, 0.4) is 0 Å². The second kappa shape index (κ2) is 16.0. The molecule has 0 rings (SSSR count). The van der Waals surface area contributed by atoms with Gasteiger partial charge in [-0.3, -0.25) is 0 Å². The third-order valence-corrected chi connectivity index (χ3v) is 3.97. The van der Waals surface area contributed by atoms with Crippen LogP contribution < -0.4 is 0 Å². The summed E-state index contributed by atoms with van der Waals surface area (Å²) in [6, 6.07) is 0.936. The highest BCUT2D eigenvalue weighted by molar-refractivity contribution is 6.44. The molecular formula is C12H27O6Si. The van der Waals surface area contributed by atoms with Crippen LogP contribution in [0.5, 0.6) is 0 Å². The van der Waals surface area contributed by atoms with Crippen LogP contribution >= 0.6 is 0 Å². The van der Waals surface area contributed by atoms with Gasteiger partial charge in [0.1, 0.15) is 0 Å². The standard InChI is InChI=1S/C12H27O6Si/c1-13-6-7-17-10-11-18-9-8-16-5-4-12-19(14-2)15-3/h4-12H2,1-3H3. The summed E-state index contributed by atoms with van der Waals surface area (Å²) in [7, 11) is 3.94. The summed E-state index contributed by atoms with van der Waals surface area (Å²) in [6.07, 6.45) is 0.954. The average molecular weight is 295 g/mol. The molecule has 115 valence electrons. The molecule has 0 atom stereocenters. The smallest absolute Gasteiger partial charge is 0.384 e. The molecule has 0 aromatic heterocycles. The molecule has 7 heteroatoms. The molecule has 0 aromatic rings. The van der Waals surface area contributed by atoms with Crippen molar-refractivity contribution in [3.63, 3.8) is 0 Å². The van der Waals surface area contributed by atoms with Gasteiger partial charge in [0.15, 0.2) is 0 Å². The van der Waals surface area contributed by atoms with Gasteiger partial charge in [0.05, 0.1) is 39.6 Å². The Morgan fingerprint density at radius 1 is 0.632 bits per heavy atom. The maximum Gasteiger partial charge on any atom is 0.384 e. The van der Waals surface area contributed by atoms with Gasteiger partial charge in [0.2, 0.25) is 0 Å². The van der Waals surface area contributed by atoms with Gasteiger partial charge in [-0.05, 0) is 12.5 Å². The Morgan fingerprint density at radius 2 is 1.11 bits per heavy atom. The zero-order valence-electron chi connectivity index (χ0n) is 12.3. The maximum atomic E-state index is 5.44. The number of hydrogen-bond acceptors (Lipinski definition) is 6. The zero-order valence-corrected chi connectivity index (χ0v) is 13.3. The van der Waals surface area contributed by atoms with Crippen molar-refractivity contribution in [2.45, 2.75) is 12.5 Å². The van der Waals surface area contributed by atoms with E-state index >= 15 is 0 Å². The zero-order chi connectivity index (χ0) is 14.2. The summed E-state index contributed by atoms with van der Waals surface area (Å²) in [5.74, 6) is 0. The van der Waals surface area contributed by atoms with Gasteiger partial charge in [-0.25, -0.2) is 0 Å². The van der Waals surface area contributed by atoms with Crippen LogP contribution in [-0.4, -0.2) is 76.9 Å². The molecule has 0 aliphatic rings. The molecule has 0 bridgehead atoms. The van der Waals surface area contributed by atoms with Crippen LogP contribution in [0.1, 0.15) is 6.42 Å². The number of ether oxygens (including phenoxy) is 4. The number of hydrogen-bond donors (Lipinski definition) is 0. The van der Waals surface area contributed by atoms with E-state index in [-0.39, 0.29) is 0 Å². The maximum absolute atomic E-state index is 5.44. The Labute approximate surface area is 118 Å². The fourth-order valence-electron chi connectivity index (χ4n) is 1.29. The van der Waals surface area contributed by atoms with E-state index in [1.807, 2.05) is 0 Å². The first kappa shape index (κ1) is 19.0. The SMILES string of the molecule is COCCOCCOCCOCCC[Si](OC)OC. The summed E-state index contributed by atoms with van der Waals surface area (Å²) in [6.45, 7) is 4.34. The van der Waals surface area contributed by atoms with E-state index in [9.17, 15) is 0 Å². The van der Waals surface area contributed by atoms with Crippen LogP contribution in [-0.2, 0) is 27.8 Å². The molecule has 19 heavy (non-hydrogen) atoms. The van der Waals surface area contributed by atoms with E-state index in [2.05, 4.69) is 0 Å². The van der Waals surface area contributed by atoms with Gasteiger partial charge in [0.25, 0.3) is 0 Å². The van der Waals surface area contributed by atoms with Crippen molar-refractivity contribution in [1.82, 2.24) is 0 Å². The summed E-state index contributed by atoms with van der Waals surface area (Å²) < 4.78 is 31.3. The predicted molar refractivity (Wildman–Crippen MR) is 73.5 cm³/mol. The van der Waals surface area contributed by atoms with Crippen molar-refractivity contribution in [3.8, 4) is 0 Å². The van der Waals surface area contributed by atoms with E-state index in [4.69, 9.17) is 27.8 Å². The predicted octanol–water partition coefficient (Wildman–Crippen LogP) is 0.854. The molecule has 0 N–H and O–H groups in total. The Kier molecular flexibility index (Phi) is 16.0. The fourth-order valence-corrected chi connectivity index (χ4v) is 2.30. The van der Waals surface area contributed by atoms with Crippen molar-refractivity contribution < 1.29 is 27.8 Å². The molecule has 6 nitrogen and oxygen atoms in total. The number of rotatable bonds is 15. The highest BCUT2D eigenvalue weighted by Gasteiger charge is 2.10. The highest BCUT2D eigenvalue weighted by atomic mass is 28.3. The summed E-state index contributed by atoms with van der Waals surface area (Å²) in [5, 5.41) is 0. The van der Waals surface area contributed by atoms with Crippen molar-refractivity contribution in [1.29, 1.82) is 0 Å². The Bertz CT molecular complexity index is 168. The molecule has 0 aromatic carbocycles. The summed E-state index contributed by atoms with van der Waals surface area (Å²) in [4.78, 5) is 0. The monoisotopic (exact) mass is 295 g/mol. The molecule has 0 saturated heterocycles. The second-order valence-electron chi connectivity index (χ2n) is 3.71. The lowest BCUT2D eigenvalue weighted by molar-refractivity contribution is 0.00364. The Hall–Kier alpha value is -0.0231. The highest BCUT2D eigenvalue weighted by Crippen LogP contribution is 1.99. The minimum Gasteiger partial charge on any atom is -0.397 e. The van der Waals surface area contributed by atoms with Gasteiger partial charge >= 0.3 is 9.28 Å². The Balaban J connectivity index is 3.02. The fraction of sp³-hybridized carbons (Fsp3) is 1.00. The van der Waals surface area contributed by atoms with Gasteiger partial charge in [-0.2, -0.15) is 0 Å². The van der Waals surface area contributed by atoms with Crippen molar-refractivity contribution >= 4 is 9.28 Å². The lowest BCUT2D eigenvalue weighted by Crippen LogP contribution is -2.19. The number of methoxy groups -OCH3 is 1. The lowest BCUT2D eigenvalue weighted by Gasteiger charge is -2.09. The molecule has 1 radical (unpaired) electrons. The van der Waals surface area contributed by atoms with Crippen molar-refractivity contribution in [2.24, 2.45) is 0 Å². The van der Waals surface area contributed by atoms with E-state index in [0.717, 1.165) is 12.5 Å². The molecule has 0 heterocycles. The van der Waals surface area contributed by atoms with Crippen LogP contribution in [0, 0.1) is 0 Å². The third kappa shape index (κ3) is 14.2. The molecule has 0 fully saturated rings. The summed E-state index contributed by atoms with van der Waals surface area (Å²) in [5.41, 5.74) is 0. The first-order chi connectivity index (χ1) is 9.35. The first-order valence-corrected chi connectivity index (χ1v) is 8.03. The third-order valence-electron chi connectivity index (χ3n) is 2.30. The molecule has 0 aliphatic heterocycles. The molecule has 0 aliphatic carbocycles. The Morgan fingerprint density at radius 3 is 1.58 bits per heavy atom. The van der Waals surface area contributed by atoms with Crippen LogP contribution in [0.25, 0.3) is 0 Å². The van der Waals surface area contributed by atoms with Crippen LogP contribution in [0.4, 0.5) is 0 Å². The second-order valence-corrected chi connectivity index (χ2v) is 5.77. The van der Waals surface area contributed by atoms with Gasteiger partial charge in [-0.15, -0.1) is 0 Å². The van der Waals surface area contributed by atoms with Crippen molar-refractivity contribution in [2.75, 3.05) is 67.6 Å². The first-order valence-electron chi connectivity index (χ1n) is 6.51. The van der Waals surface area contributed by atoms with Gasteiger partial charge in [-0.1, -0.05) is 0 Å². The van der Waals surface area contributed by atoms with E-state index in [0.29, 0.717) is 46.2 Å². The van der Waals surface area contributed by atoms with E-state index < -0.39 is 9.28 Å². The molecule has 0 spiro atoms. The van der Waals surface area contributed by atoms with Crippen molar-refractivity contribution in [3.05, 3.63) is 0 Å².